The Morgan fingerprint density at radius 1 is 1.09 bits per heavy atom. The lowest BCUT2D eigenvalue weighted by Gasteiger charge is -2.12. The van der Waals surface area contributed by atoms with Crippen molar-refractivity contribution in [3.8, 4) is 0 Å². The van der Waals surface area contributed by atoms with E-state index in [1.165, 1.54) is 11.3 Å². The van der Waals surface area contributed by atoms with Crippen molar-refractivity contribution < 1.29 is 4.39 Å². The van der Waals surface area contributed by atoms with Crippen LogP contribution in [0.5, 0.6) is 0 Å². The molecule has 1 aromatic carbocycles. The van der Waals surface area contributed by atoms with E-state index in [1.54, 1.807) is 4.68 Å². The molecule has 0 saturated carbocycles. The Morgan fingerprint density at radius 2 is 1.77 bits per heavy atom. The van der Waals surface area contributed by atoms with Crippen LogP contribution >= 0.6 is 24.8 Å². The van der Waals surface area contributed by atoms with Gasteiger partial charge >= 0.3 is 0 Å². The van der Waals surface area contributed by atoms with Gasteiger partial charge in [-0.05, 0) is 23.8 Å². The number of alkyl halides is 1. The Hall–Kier alpha value is -1.30. The summed E-state index contributed by atoms with van der Waals surface area (Å²) in [5, 5.41) is 7.61. The second-order valence-electron chi connectivity index (χ2n) is 4.92. The van der Waals surface area contributed by atoms with E-state index in [0.29, 0.717) is 13.1 Å². The average molecular weight is 349 g/mol. The van der Waals surface area contributed by atoms with Crippen LogP contribution in [0.1, 0.15) is 11.3 Å². The van der Waals surface area contributed by atoms with E-state index in [1.807, 2.05) is 26.4 Å². The van der Waals surface area contributed by atoms with Gasteiger partial charge in [0.25, 0.3) is 0 Å². The summed E-state index contributed by atoms with van der Waals surface area (Å²) in [5.74, 6) is 0. The summed E-state index contributed by atoms with van der Waals surface area (Å²) < 4.78 is 13.8. The van der Waals surface area contributed by atoms with Crippen LogP contribution in [0.15, 0.2) is 36.5 Å². The third-order valence-electron chi connectivity index (χ3n) is 3.10. The minimum Gasteiger partial charge on any atom is -0.378 e. The molecule has 0 bridgehead atoms. The highest BCUT2D eigenvalue weighted by Crippen LogP contribution is 2.12. The van der Waals surface area contributed by atoms with Crippen LogP contribution in [0.3, 0.4) is 0 Å². The van der Waals surface area contributed by atoms with Crippen LogP contribution in [0, 0.1) is 0 Å². The molecule has 0 aliphatic heterocycles. The topological polar surface area (TPSA) is 33.1 Å². The zero-order valence-electron chi connectivity index (χ0n) is 12.8. The highest BCUT2D eigenvalue weighted by atomic mass is 35.5. The summed E-state index contributed by atoms with van der Waals surface area (Å²) in [6.45, 7) is 1.43. The van der Waals surface area contributed by atoms with Crippen LogP contribution in [0.4, 0.5) is 10.1 Å². The second kappa shape index (κ2) is 10.4. The highest BCUT2D eigenvalue weighted by molar-refractivity contribution is 5.85. The Balaban J connectivity index is 0.00000220. The molecule has 0 fully saturated rings. The molecule has 0 amide bonds. The average Bonchev–Trinajstić information content (AvgIpc) is 2.87. The number of nitrogens with zero attached hydrogens (tertiary/aromatic N) is 3. The molecule has 2 aromatic rings. The van der Waals surface area contributed by atoms with Gasteiger partial charge in [-0.2, -0.15) is 5.10 Å². The molecule has 0 aliphatic carbocycles. The quantitative estimate of drug-likeness (QED) is 0.834. The Kier molecular flexibility index (Phi) is 9.81. The van der Waals surface area contributed by atoms with Gasteiger partial charge < -0.3 is 10.2 Å². The summed E-state index contributed by atoms with van der Waals surface area (Å²) in [5.41, 5.74) is 3.36. The smallest absolute Gasteiger partial charge is 0.109 e. The van der Waals surface area contributed by atoms with Gasteiger partial charge in [-0.1, -0.05) is 12.1 Å². The largest absolute Gasteiger partial charge is 0.378 e. The normalized spacial score (nSPS) is 9.77. The van der Waals surface area contributed by atoms with E-state index in [-0.39, 0.29) is 31.5 Å². The lowest BCUT2D eigenvalue weighted by Crippen LogP contribution is -2.14. The molecule has 4 nitrogen and oxygen atoms in total. The number of anilines is 1. The van der Waals surface area contributed by atoms with Gasteiger partial charge in [0.2, 0.25) is 0 Å². The summed E-state index contributed by atoms with van der Waals surface area (Å²) >= 11 is 0. The number of aromatic nitrogens is 2. The molecule has 22 heavy (non-hydrogen) atoms. The number of nitrogens with one attached hydrogen (secondary N) is 1. The van der Waals surface area contributed by atoms with E-state index in [9.17, 15) is 4.39 Å². The first-order valence-corrected chi connectivity index (χ1v) is 6.74. The molecule has 1 heterocycles. The zero-order valence-corrected chi connectivity index (χ0v) is 14.5. The molecule has 0 unspecified atom stereocenters. The van der Waals surface area contributed by atoms with Crippen LogP contribution in [0.2, 0.25) is 0 Å². The van der Waals surface area contributed by atoms with E-state index < -0.39 is 0 Å². The molecule has 0 saturated heterocycles. The predicted octanol–water partition coefficient (Wildman–Crippen LogP) is 3.05. The zero-order chi connectivity index (χ0) is 14.4. The fraction of sp³-hybridized carbons (Fsp3) is 0.400. The first-order chi connectivity index (χ1) is 9.69. The Bertz CT molecular complexity index is 529. The minimum absolute atomic E-state index is 0. The lowest BCUT2D eigenvalue weighted by molar-refractivity contribution is 0.425. The fourth-order valence-corrected chi connectivity index (χ4v) is 1.96. The number of hydrogen-bond donors (Lipinski definition) is 1. The van der Waals surface area contributed by atoms with E-state index in [4.69, 9.17) is 0 Å². The molecular weight excluding hydrogens is 326 g/mol. The van der Waals surface area contributed by atoms with Gasteiger partial charge in [-0.3, -0.25) is 4.68 Å². The van der Waals surface area contributed by atoms with Gasteiger partial charge in [0.1, 0.15) is 6.67 Å². The lowest BCUT2D eigenvalue weighted by atomic mass is 10.2. The van der Waals surface area contributed by atoms with Gasteiger partial charge in [-0.15, -0.1) is 24.8 Å². The molecule has 1 aromatic heterocycles. The van der Waals surface area contributed by atoms with Crippen molar-refractivity contribution in [2.75, 3.05) is 25.7 Å². The van der Waals surface area contributed by atoms with Crippen LogP contribution in [0.25, 0.3) is 0 Å². The van der Waals surface area contributed by atoms with E-state index in [2.05, 4.69) is 39.6 Å². The maximum Gasteiger partial charge on any atom is 0.109 e. The molecule has 7 heteroatoms. The molecule has 1 N–H and O–H groups in total. The van der Waals surface area contributed by atoms with Gasteiger partial charge in [0.15, 0.2) is 0 Å². The van der Waals surface area contributed by atoms with Crippen LogP contribution < -0.4 is 10.2 Å². The van der Waals surface area contributed by atoms with Crippen molar-refractivity contribution in [2.24, 2.45) is 0 Å². The number of halogens is 3. The van der Waals surface area contributed by atoms with E-state index in [0.717, 1.165) is 12.2 Å². The SMILES string of the molecule is CN(C)c1ccc(CNCc2ccn(CCF)n2)cc1.Cl.Cl. The van der Waals surface area contributed by atoms with Gasteiger partial charge in [-0.25, -0.2) is 4.39 Å². The number of aryl methyl sites for hydroxylation is 1. The number of benzene rings is 1. The van der Waals surface area contributed by atoms with Crippen molar-refractivity contribution in [1.82, 2.24) is 15.1 Å². The Labute approximate surface area is 143 Å². The summed E-state index contributed by atoms with van der Waals surface area (Å²) in [6.07, 6.45) is 1.81. The first kappa shape index (κ1) is 20.7. The van der Waals surface area contributed by atoms with Crippen molar-refractivity contribution >= 4 is 30.5 Å². The van der Waals surface area contributed by atoms with Crippen molar-refractivity contribution in [2.45, 2.75) is 19.6 Å². The predicted molar refractivity (Wildman–Crippen MR) is 94.0 cm³/mol. The monoisotopic (exact) mass is 348 g/mol. The third-order valence-corrected chi connectivity index (χ3v) is 3.10. The van der Waals surface area contributed by atoms with Crippen molar-refractivity contribution in [3.05, 3.63) is 47.8 Å². The fourth-order valence-electron chi connectivity index (χ4n) is 1.96. The van der Waals surface area contributed by atoms with Crippen molar-refractivity contribution in [1.29, 1.82) is 0 Å². The molecular formula is C15H23Cl2FN4. The standard InChI is InChI=1S/C15H21FN4.2ClH/c1-19(2)15-5-3-13(4-6-15)11-17-12-14-7-9-20(18-14)10-8-16;;/h3-7,9,17H,8,10-12H2,1-2H3;2*1H. The maximum absolute atomic E-state index is 12.2. The number of rotatable bonds is 7. The van der Waals surface area contributed by atoms with Gasteiger partial charge in [0.05, 0.1) is 12.2 Å². The third kappa shape index (κ3) is 6.22. The van der Waals surface area contributed by atoms with Crippen LogP contribution in [-0.2, 0) is 19.6 Å². The number of hydrogen-bond acceptors (Lipinski definition) is 3. The first-order valence-electron chi connectivity index (χ1n) is 6.74. The second-order valence-corrected chi connectivity index (χ2v) is 4.92. The molecule has 0 atom stereocenters. The molecule has 2 rings (SSSR count). The molecule has 0 aliphatic rings. The summed E-state index contributed by atoms with van der Waals surface area (Å²) in [6, 6.07) is 10.4. The summed E-state index contributed by atoms with van der Waals surface area (Å²) in [7, 11) is 4.06. The molecule has 124 valence electrons. The van der Waals surface area contributed by atoms with E-state index >= 15 is 0 Å². The summed E-state index contributed by atoms with van der Waals surface area (Å²) in [4.78, 5) is 2.08. The Morgan fingerprint density at radius 3 is 2.36 bits per heavy atom. The van der Waals surface area contributed by atoms with Gasteiger partial charge in [0, 0.05) is 39.1 Å². The maximum atomic E-state index is 12.2. The minimum atomic E-state index is -0.382. The molecule has 0 spiro atoms. The van der Waals surface area contributed by atoms with Crippen molar-refractivity contribution in [3.63, 3.8) is 0 Å². The highest BCUT2D eigenvalue weighted by Gasteiger charge is 2.00. The van der Waals surface area contributed by atoms with Crippen LogP contribution in [-0.4, -0.2) is 30.6 Å². The molecule has 0 radical (unpaired) electrons.